The van der Waals surface area contributed by atoms with Crippen LogP contribution < -0.4 is 4.74 Å². The highest BCUT2D eigenvalue weighted by Gasteiger charge is 2.61. The summed E-state index contributed by atoms with van der Waals surface area (Å²) in [5.41, 5.74) is -4.87. The zero-order chi connectivity index (χ0) is 29.4. The van der Waals surface area contributed by atoms with Crippen LogP contribution in [0.3, 0.4) is 0 Å². The first kappa shape index (κ1) is 28.0. The van der Waals surface area contributed by atoms with Crippen LogP contribution in [0.1, 0.15) is 68.6 Å². The Hall–Kier alpha value is -3.17. The van der Waals surface area contributed by atoms with Gasteiger partial charge in [-0.1, -0.05) is 24.3 Å². The quantitative estimate of drug-likeness (QED) is 0.414. The smallest absolute Gasteiger partial charge is 0.426 e. The number of carbonyl (C=O) groups excluding carboxylic acids is 1. The molecule has 0 radical (unpaired) electrons. The number of nitrogens with zero attached hydrogens (tertiary/aromatic N) is 1. The molecule has 2 bridgehead atoms. The van der Waals surface area contributed by atoms with Gasteiger partial charge in [-0.15, -0.1) is 0 Å². The predicted molar refractivity (Wildman–Crippen MR) is 139 cm³/mol. The van der Waals surface area contributed by atoms with Crippen molar-refractivity contribution in [3.63, 3.8) is 0 Å². The minimum Gasteiger partial charge on any atom is -0.491 e. The normalized spacial score (nSPS) is 32.0. The molecule has 5 aliphatic rings. The second-order valence-electron chi connectivity index (χ2n) is 12.6. The van der Waals surface area contributed by atoms with Crippen LogP contribution in [0.25, 0.3) is 0 Å². The maximum atomic E-state index is 14.9. The maximum Gasteiger partial charge on any atom is 0.426 e. The largest absolute Gasteiger partial charge is 0.491 e. The molecule has 2 aliphatic heterocycles. The first-order valence-electron chi connectivity index (χ1n) is 14.1. The molecule has 3 unspecified atom stereocenters. The van der Waals surface area contributed by atoms with Crippen molar-refractivity contribution in [3.8, 4) is 5.75 Å². The van der Waals surface area contributed by atoms with Crippen LogP contribution in [-0.4, -0.2) is 47.3 Å². The number of ether oxygens (including phenoxy) is 1. The van der Waals surface area contributed by atoms with E-state index in [2.05, 4.69) is 0 Å². The molecule has 5 nitrogen and oxygen atoms in total. The lowest BCUT2D eigenvalue weighted by Crippen LogP contribution is -2.58. The van der Waals surface area contributed by atoms with Gasteiger partial charge in [0.15, 0.2) is 0 Å². The number of halogens is 5. The topological polar surface area (TPSA) is 66.8 Å². The maximum absolute atomic E-state index is 14.9. The Morgan fingerprint density at radius 2 is 1.56 bits per heavy atom. The fraction of sp³-hybridized carbons (Fsp3) is 0.548. The van der Waals surface area contributed by atoms with Crippen molar-refractivity contribution in [2.24, 2.45) is 10.8 Å². The van der Waals surface area contributed by atoms with Crippen LogP contribution in [0.2, 0.25) is 0 Å². The molecule has 10 heteroatoms. The second-order valence-corrected chi connectivity index (χ2v) is 12.6. The zero-order valence-corrected chi connectivity index (χ0v) is 22.7. The molecule has 1 saturated heterocycles. The Labute approximate surface area is 234 Å². The number of benzene rings is 2. The molecule has 4 fully saturated rings. The first-order chi connectivity index (χ1) is 19.2. The number of amides is 1. The Morgan fingerprint density at radius 3 is 2.15 bits per heavy atom. The van der Waals surface area contributed by atoms with E-state index in [0.717, 1.165) is 17.7 Å². The molecular formula is C31H32F5NO4. The second kappa shape index (κ2) is 9.16. The fourth-order valence-corrected chi connectivity index (χ4v) is 7.82. The van der Waals surface area contributed by atoms with Crippen molar-refractivity contribution in [1.29, 1.82) is 0 Å². The highest BCUT2D eigenvalue weighted by Crippen LogP contribution is 2.59. The highest BCUT2D eigenvalue weighted by atomic mass is 19.4. The van der Waals surface area contributed by atoms with E-state index in [9.17, 15) is 36.6 Å². The summed E-state index contributed by atoms with van der Waals surface area (Å²) in [7, 11) is 0. The molecule has 7 rings (SSSR count). The lowest BCUT2D eigenvalue weighted by molar-refractivity contribution is -0.228. The summed E-state index contributed by atoms with van der Waals surface area (Å²) in [6.45, 7) is 0.898. The minimum atomic E-state index is -5.11. The van der Waals surface area contributed by atoms with Crippen LogP contribution in [0, 0.1) is 16.6 Å². The van der Waals surface area contributed by atoms with E-state index in [0.29, 0.717) is 70.4 Å². The molecule has 3 atom stereocenters. The summed E-state index contributed by atoms with van der Waals surface area (Å²) in [5.74, 6) is -1.07. The molecule has 1 amide bonds. The number of likely N-dealkylation sites (tertiary alicyclic amines) is 1. The van der Waals surface area contributed by atoms with Crippen molar-refractivity contribution < 1.29 is 41.4 Å². The van der Waals surface area contributed by atoms with Crippen LogP contribution >= 0.6 is 0 Å². The standard InChI is InChI=1S/C31H32F5NO4/c1-27(33,31(34,35)36)20-4-7-22-23(16-20)41-18-24-30(22,17-19-2-5-21(32)6-3-19)14-15-37(24)25(38)28-8-11-29(12-9-28,13-10-28)26(39)40/h2-7,16,24H,8-15,17-18H2,1H3,(H,39,40). The van der Waals surface area contributed by atoms with Crippen molar-refractivity contribution in [2.75, 3.05) is 13.2 Å². The molecule has 0 aromatic heterocycles. The molecule has 41 heavy (non-hydrogen) atoms. The Kier molecular flexibility index (Phi) is 6.25. The summed E-state index contributed by atoms with van der Waals surface area (Å²) < 4.78 is 75.1. The lowest BCUT2D eigenvalue weighted by atomic mass is 9.53. The number of carbonyl (C=O) groups is 2. The summed E-state index contributed by atoms with van der Waals surface area (Å²) in [5, 5.41) is 9.78. The molecule has 3 aliphatic carbocycles. The summed E-state index contributed by atoms with van der Waals surface area (Å²) in [6.07, 6.45) is -1.36. The van der Waals surface area contributed by atoms with Gasteiger partial charge in [-0.2, -0.15) is 13.2 Å². The molecule has 2 heterocycles. The molecule has 0 spiro atoms. The number of aliphatic carboxylic acids is 1. The van der Waals surface area contributed by atoms with Gasteiger partial charge >= 0.3 is 12.1 Å². The van der Waals surface area contributed by atoms with Crippen LogP contribution in [0.15, 0.2) is 42.5 Å². The average molecular weight is 578 g/mol. The number of rotatable bonds is 5. The molecular weight excluding hydrogens is 545 g/mol. The fourth-order valence-electron chi connectivity index (χ4n) is 7.82. The Balaban J connectivity index is 1.37. The van der Waals surface area contributed by atoms with Crippen molar-refractivity contribution in [3.05, 3.63) is 65.0 Å². The third-order valence-corrected chi connectivity index (χ3v) is 10.6. The van der Waals surface area contributed by atoms with Gasteiger partial charge in [-0.25, -0.2) is 8.78 Å². The van der Waals surface area contributed by atoms with E-state index in [4.69, 9.17) is 4.74 Å². The van der Waals surface area contributed by atoms with Gasteiger partial charge in [0.2, 0.25) is 11.6 Å². The van der Waals surface area contributed by atoms with E-state index >= 15 is 0 Å². The predicted octanol–water partition coefficient (Wildman–Crippen LogP) is 6.47. The highest BCUT2D eigenvalue weighted by molar-refractivity contribution is 5.86. The summed E-state index contributed by atoms with van der Waals surface area (Å²) in [4.78, 5) is 28.0. The molecule has 3 saturated carbocycles. The van der Waals surface area contributed by atoms with Crippen molar-refractivity contribution in [1.82, 2.24) is 4.90 Å². The average Bonchev–Trinajstić information content (AvgIpc) is 3.33. The van der Waals surface area contributed by atoms with Gasteiger partial charge in [0, 0.05) is 28.5 Å². The lowest BCUT2D eigenvalue weighted by Gasteiger charge is -2.52. The number of hydrogen-bond acceptors (Lipinski definition) is 3. The van der Waals surface area contributed by atoms with Gasteiger partial charge in [-0.3, -0.25) is 9.59 Å². The molecule has 1 N–H and O–H groups in total. The van der Waals surface area contributed by atoms with Crippen LogP contribution in [0.5, 0.6) is 5.75 Å². The number of carboxylic acid groups (broad SMARTS) is 1. The van der Waals surface area contributed by atoms with Crippen LogP contribution in [-0.2, 0) is 27.1 Å². The number of fused-ring (bicyclic) bond motifs is 6. The van der Waals surface area contributed by atoms with E-state index in [1.165, 1.54) is 18.2 Å². The number of alkyl halides is 4. The first-order valence-corrected chi connectivity index (χ1v) is 14.1. The monoisotopic (exact) mass is 577 g/mol. The minimum absolute atomic E-state index is 0.0214. The van der Waals surface area contributed by atoms with Gasteiger partial charge < -0.3 is 14.7 Å². The van der Waals surface area contributed by atoms with E-state index in [-0.39, 0.29) is 18.3 Å². The summed E-state index contributed by atoms with van der Waals surface area (Å²) in [6, 6.07) is 9.30. The van der Waals surface area contributed by atoms with E-state index in [1.807, 2.05) is 4.90 Å². The van der Waals surface area contributed by atoms with E-state index in [1.54, 1.807) is 12.1 Å². The number of hydrogen-bond donors (Lipinski definition) is 1. The third kappa shape index (κ3) is 4.14. The van der Waals surface area contributed by atoms with Gasteiger partial charge in [-0.05, 0) is 82.1 Å². The van der Waals surface area contributed by atoms with Gasteiger partial charge in [0.05, 0.1) is 11.5 Å². The molecule has 2 aromatic carbocycles. The van der Waals surface area contributed by atoms with Gasteiger partial charge in [0.25, 0.3) is 0 Å². The summed E-state index contributed by atoms with van der Waals surface area (Å²) >= 11 is 0. The van der Waals surface area contributed by atoms with Crippen molar-refractivity contribution >= 4 is 11.9 Å². The Morgan fingerprint density at radius 1 is 0.951 bits per heavy atom. The van der Waals surface area contributed by atoms with Gasteiger partial charge in [0.1, 0.15) is 18.2 Å². The zero-order valence-electron chi connectivity index (χ0n) is 22.7. The van der Waals surface area contributed by atoms with Crippen molar-refractivity contribution in [2.45, 2.75) is 81.6 Å². The number of carboxylic acids is 1. The SMILES string of the molecule is CC(F)(c1ccc2c(c1)OCC1N(C(=O)C34CCC(C(=O)O)(CC3)CC4)CCC21Cc1ccc(F)cc1)C(F)(F)F. The van der Waals surface area contributed by atoms with E-state index < -0.39 is 51.5 Å². The Bertz CT molecular complexity index is 1360. The third-order valence-electron chi connectivity index (χ3n) is 10.6. The van der Waals surface area contributed by atoms with Crippen LogP contribution in [0.4, 0.5) is 22.0 Å². The molecule has 220 valence electrons. The molecule has 2 aromatic rings.